The molecule has 0 saturated carbocycles. The van der Waals surface area contributed by atoms with E-state index in [-0.39, 0.29) is 24.0 Å². The van der Waals surface area contributed by atoms with E-state index in [1.54, 1.807) is 13.2 Å². The molecule has 0 amide bonds. The number of anilines is 2. The van der Waals surface area contributed by atoms with E-state index in [0.717, 1.165) is 0 Å². The average Bonchev–Trinajstić information content (AvgIpc) is 2.66. The summed E-state index contributed by atoms with van der Waals surface area (Å²) in [6, 6.07) is 1.63. The number of methoxy groups -OCH3 is 1. The van der Waals surface area contributed by atoms with Crippen LogP contribution in [0.3, 0.4) is 0 Å². The molecule has 1 aromatic heterocycles. The van der Waals surface area contributed by atoms with Gasteiger partial charge in [0, 0.05) is 19.7 Å². The van der Waals surface area contributed by atoms with Gasteiger partial charge in [-0.3, -0.25) is 0 Å². The number of rotatable bonds is 5. The molecule has 106 valence electrons. The van der Waals surface area contributed by atoms with Crippen LogP contribution in [0, 0.1) is 5.92 Å². The normalized spacial score (nSPS) is 21.4. The first kappa shape index (κ1) is 14.0. The van der Waals surface area contributed by atoms with E-state index < -0.39 is 9.84 Å². The van der Waals surface area contributed by atoms with Gasteiger partial charge in [-0.25, -0.2) is 18.4 Å². The van der Waals surface area contributed by atoms with Crippen molar-refractivity contribution in [2.24, 2.45) is 5.92 Å². The maximum atomic E-state index is 11.4. The van der Waals surface area contributed by atoms with Crippen LogP contribution < -0.4 is 11.1 Å². The molecule has 1 aliphatic rings. The van der Waals surface area contributed by atoms with Gasteiger partial charge in [0.25, 0.3) is 0 Å². The van der Waals surface area contributed by atoms with Crippen molar-refractivity contribution in [2.75, 3.05) is 36.2 Å². The van der Waals surface area contributed by atoms with Crippen molar-refractivity contribution in [1.82, 2.24) is 9.97 Å². The van der Waals surface area contributed by atoms with Gasteiger partial charge in [0.2, 0.25) is 0 Å². The lowest BCUT2D eigenvalue weighted by molar-refractivity contribution is 0.178. The second-order valence-corrected chi connectivity index (χ2v) is 6.91. The van der Waals surface area contributed by atoms with Crippen LogP contribution in [0.15, 0.2) is 6.07 Å². The van der Waals surface area contributed by atoms with Crippen LogP contribution in [0.2, 0.25) is 0 Å². The van der Waals surface area contributed by atoms with Crippen molar-refractivity contribution >= 4 is 21.5 Å². The maximum Gasteiger partial charge on any atom is 0.158 e. The Kier molecular flexibility index (Phi) is 4.20. The predicted octanol–water partition coefficient (Wildman–Crippen LogP) is 0.0518. The molecule has 2 heterocycles. The minimum Gasteiger partial charge on any atom is -0.384 e. The lowest BCUT2D eigenvalue weighted by Crippen LogP contribution is -2.17. The summed E-state index contributed by atoms with van der Waals surface area (Å²) in [6.07, 6.45) is 0.695. The van der Waals surface area contributed by atoms with Gasteiger partial charge in [-0.2, -0.15) is 0 Å². The molecule has 1 fully saturated rings. The number of nitrogen functional groups attached to an aromatic ring is 1. The third kappa shape index (κ3) is 4.03. The van der Waals surface area contributed by atoms with E-state index >= 15 is 0 Å². The Bertz CT molecular complexity index is 547. The number of nitrogens with two attached hydrogens (primary N) is 1. The van der Waals surface area contributed by atoms with Crippen LogP contribution in [0.4, 0.5) is 11.6 Å². The molecule has 7 nitrogen and oxygen atoms in total. The first-order chi connectivity index (χ1) is 8.98. The minimum absolute atomic E-state index is 0.132. The fourth-order valence-electron chi connectivity index (χ4n) is 2.08. The highest BCUT2D eigenvalue weighted by molar-refractivity contribution is 7.91. The Balaban J connectivity index is 1.96. The molecular weight excluding hydrogens is 268 g/mol. The quantitative estimate of drug-likeness (QED) is 0.787. The molecule has 2 rings (SSSR count). The number of hydrogen-bond donors (Lipinski definition) is 2. The van der Waals surface area contributed by atoms with Gasteiger partial charge in [0.05, 0.1) is 11.5 Å². The van der Waals surface area contributed by atoms with Gasteiger partial charge in [-0.05, 0) is 12.3 Å². The average molecular weight is 286 g/mol. The van der Waals surface area contributed by atoms with E-state index in [4.69, 9.17) is 10.5 Å². The summed E-state index contributed by atoms with van der Waals surface area (Å²) in [5.74, 6) is 2.12. The second kappa shape index (κ2) is 5.70. The molecule has 0 aliphatic carbocycles. The second-order valence-electron chi connectivity index (χ2n) is 4.68. The number of nitrogens with zero attached hydrogens (tertiary/aromatic N) is 2. The Morgan fingerprint density at radius 1 is 1.53 bits per heavy atom. The molecule has 0 bridgehead atoms. The standard InChI is InChI=1S/C11H18N4O3S/c1-18-6-11-14-9(12)4-10(15-11)13-5-8-2-3-19(16,17)7-8/h4,8H,2-3,5-7H2,1H3,(H3,12,13,14,15). The van der Waals surface area contributed by atoms with Gasteiger partial charge in [0.15, 0.2) is 15.7 Å². The summed E-state index contributed by atoms with van der Waals surface area (Å²) < 4.78 is 27.7. The molecule has 0 radical (unpaired) electrons. The number of ether oxygens (including phenoxy) is 1. The minimum atomic E-state index is -2.84. The zero-order valence-electron chi connectivity index (χ0n) is 10.8. The van der Waals surface area contributed by atoms with E-state index in [2.05, 4.69) is 15.3 Å². The largest absolute Gasteiger partial charge is 0.384 e. The lowest BCUT2D eigenvalue weighted by atomic mass is 10.1. The number of hydrogen-bond acceptors (Lipinski definition) is 7. The Labute approximate surface area is 112 Å². The summed E-state index contributed by atoms with van der Waals surface area (Å²) in [4.78, 5) is 8.28. The van der Waals surface area contributed by atoms with E-state index in [0.29, 0.717) is 30.4 Å². The summed E-state index contributed by atoms with van der Waals surface area (Å²) >= 11 is 0. The summed E-state index contributed by atoms with van der Waals surface area (Å²) in [6.45, 7) is 0.861. The third-order valence-electron chi connectivity index (χ3n) is 2.96. The van der Waals surface area contributed by atoms with Crippen LogP contribution in [-0.4, -0.2) is 43.5 Å². The molecule has 1 aromatic rings. The molecular formula is C11H18N4O3S. The van der Waals surface area contributed by atoms with Crippen molar-refractivity contribution in [1.29, 1.82) is 0 Å². The van der Waals surface area contributed by atoms with Crippen LogP contribution in [-0.2, 0) is 21.2 Å². The van der Waals surface area contributed by atoms with E-state index in [1.807, 2.05) is 0 Å². The molecule has 1 saturated heterocycles. The van der Waals surface area contributed by atoms with Crippen LogP contribution in [0.1, 0.15) is 12.2 Å². The van der Waals surface area contributed by atoms with Crippen LogP contribution in [0.25, 0.3) is 0 Å². The van der Waals surface area contributed by atoms with Crippen molar-refractivity contribution in [3.05, 3.63) is 11.9 Å². The first-order valence-electron chi connectivity index (χ1n) is 6.05. The Morgan fingerprint density at radius 3 is 2.95 bits per heavy atom. The maximum absolute atomic E-state index is 11.4. The van der Waals surface area contributed by atoms with Crippen molar-refractivity contribution in [3.63, 3.8) is 0 Å². The first-order valence-corrected chi connectivity index (χ1v) is 7.87. The Hall–Kier alpha value is -1.41. The number of sulfone groups is 1. The zero-order valence-corrected chi connectivity index (χ0v) is 11.6. The SMILES string of the molecule is COCc1nc(N)cc(NCC2CCS(=O)(=O)C2)n1. The van der Waals surface area contributed by atoms with Gasteiger partial charge in [0.1, 0.15) is 18.2 Å². The lowest BCUT2D eigenvalue weighted by Gasteiger charge is -2.11. The van der Waals surface area contributed by atoms with Crippen molar-refractivity contribution < 1.29 is 13.2 Å². The van der Waals surface area contributed by atoms with E-state index in [9.17, 15) is 8.42 Å². The molecule has 8 heteroatoms. The highest BCUT2D eigenvalue weighted by Gasteiger charge is 2.27. The highest BCUT2D eigenvalue weighted by Crippen LogP contribution is 2.19. The summed E-state index contributed by atoms with van der Waals surface area (Å²) in [5.41, 5.74) is 5.67. The van der Waals surface area contributed by atoms with Gasteiger partial charge >= 0.3 is 0 Å². The van der Waals surface area contributed by atoms with Gasteiger partial charge < -0.3 is 15.8 Å². The van der Waals surface area contributed by atoms with Crippen molar-refractivity contribution in [3.8, 4) is 0 Å². The molecule has 19 heavy (non-hydrogen) atoms. The van der Waals surface area contributed by atoms with Crippen LogP contribution >= 0.6 is 0 Å². The molecule has 1 unspecified atom stereocenters. The monoisotopic (exact) mass is 286 g/mol. The topological polar surface area (TPSA) is 107 Å². The number of nitrogens with one attached hydrogen (secondary N) is 1. The fraction of sp³-hybridized carbons (Fsp3) is 0.636. The predicted molar refractivity (Wildman–Crippen MR) is 72.4 cm³/mol. The molecule has 1 aliphatic heterocycles. The van der Waals surface area contributed by atoms with Crippen LogP contribution in [0.5, 0.6) is 0 Å². The number of aromatic nitrogens is 2. The van der Waals surface area contributed by atoms with Crippen molar-refractivity contribution in [2.45, 2.75) is 13.0 Å². The smallest absolute Gasteiger partial charge is 0.158 e. The molecule has 1 atom stereocenters. The van der Waals surface area contributed by atoms with E-state index in [1.165, 1.54) is 0 Å². The van der Waals surface area contributed by atoms with Gasteiger partial charge in [-0.15, -0.1) is 0 Å². The Morgan fingerprint density at radius 2 is 2.32 bits per heavy atom. The highest BCUT2D eigenvalue weighted by atomic mass is 32.2. The molecule has 0 aromatic carbocycles. The fourth-order valence-corrected chi connectivity index (χ4v) is 3.95. The summed E-state index contributed by atoms with van der Waals surface area (Å²) in [7, 11) is -1.28. The molecule has 3 N–H and O–H groups in total. The third-order valence-corrected chi connectivity index (χ3v) is 4.80. The zero-order chi connectivity index (χ0) is 13.9. The molecule has 0 spiro atoms. The summed E-state index contributed by atoms with van der Waals surface area (Å²) in [5, 5.41) is 3.11. The van der Waals surface area contributed by atoms with Gasteiger partial charge in [-0.1, -0.05) is 0 Å².